The smallest absolute Gasteiger partial charge is 0.255 e. The standard InChI is InChI=1S/C16H21NO2/c1-4-17(5-2)16(19)15-10-9-13(3)12-14(15)8-6-7-11-18/h9-10,12,18H,4-5,7,11H2,1-3H3. The van der Waals surface area contributed by atoms with E-state index >= 15 is 0 Å². The minimum Gasteiger partial charge on any atom is -0.395 e. The van der Waals surface area contributed by atoms with Gasteiger partial charge in [-0.05, 0) is 38.5 Å². The number of amides is 1. The first-order valence-electron chi connectivity index (χ1n) is 6.63. The van der Waals surface area contributed by atoms with Crippen molar-refractivity contribution < 1.29 is 9.90 Å². The normalized spacial score (nSPS) is 9.68. The molecule has 3 nitrogen and oxygen atoms in total. The lowest BCUT2D eigenvalue weighted by atomic mass is 10.0. The first-order valence-corrected chi connectivity index (χ1v) is 6.63. The monoisotopic (exact) mass is 259 g/mol. The van der Waals surface area contributed by atoms with E-state index in [0.717, 1.165) is 11.1 Å². The SMILES string of the molecule is CCN(CC)C(=O)c1ccc(C)cc1C#CCCO. The number of benzene rings is 1. The Morgan fingerprint density at radius 3 is 2.58 bits per heavy atom. The highest BCUT2D eigenvalue weighted by molar-refractivity contribution is 5.96. The molecule has 0 aliphatic heterocycles. The first-order chi connectivity index (χ1) is 9.13. The summed E-state index contributed by atoms with van der Waals surface area (Å²) in [6, 6.07) is 5.67. The van der Waals surface area contributed by atoms with Gasteiger partial charge in [-0.25, -0.2) is 0 Å². The number of nitrogens with zero attached hydrogens (tertiary/aromatic N) is 1. The van der Waals surface area contributed by atoms with Crippen LogP contribution in [0.4, 0.5) is 0 Å². The van der Waals surface area contributed by atoms with E-state index < -0.39 is 0 Å². The molecule has 0 bridgehead atoms. The summed E-state index contributed by atoms with van der Waals surface area (Å²) in [4.78, 5) is 14.2. The van der Waals surface area contributed by atoms with Crippen molar-refractivity contribution in [2.75, 3.05) is 19.7 Å². The van der Waals surface area contributed by atoms with E-state index in [1.54, 1.807) is 4.90 Å². The molecule has 1 N–H and O–H groups in total. The fourth-order valence-electron chi connectivity index (χ4n) is 1.84. The van der Waals surface area contributed by atoms with Gasteiger partial charge in [0.15, 0.2) is 0 Å². The molecule has 1 amide bonds. The molecule has 0 unspecified atom stereocenters. The van der Waals surface area contributed by atoms with Crippen LogP contribution in [0.5, 0.6) is 0 Å². The number of carbonyl (C=O) groups is 1. The fourth-order valence-corrected chi connectivity index (χ4v) is 1.84. The minimum absolute atomic E-state index is 0.0123. The van der Waals surface area contributed by atoms with Crippen molar-refractivity contribution in [1.29, 1.82) is 0 Å². The van der Waals surface area contributed by atoms with Gasteiger partial charge in [0.1, 0.15) is 0 Å². The van der Waals surface area contributed by atoms with Gasteiger partial charge >= 0.3 is 0 Å². The van der Waals surface area contributed by atoms with Crippen LogP contribution < -0.4 is 0 Å². The molecule has 0 fully saturated rings. The Labute approximate surface area is 115 Å². The highest BCUT2D eigenvalue weighted by Gasteiger charge is 2.15. The third-order valence-corrected chi connectivity index (χ3v) is 2.92. The van der Waals surface area contributed by atoms with Crippen molar-refractivity contribution in [1.82, 2.24) is 4.90 Å². The zero-order chi connectivity index (χ0) is 14.3. The van der Waals surface area contributed by atoms with Gasteiger partial charge in [-0.2, -0.15) is 0 Å². The van der Waals surface area contributed by atoms with Gasteiger partial charge in [0, 0.05) is 25.1 Å². The van der Waals surface area contributed by atoms with Crippen molar-refractivity contribution >= 4 is 5.91 Å². The Bertz CT molecular complexity index is 493. The van der Waals surface area contributed by atoms with Crippen molar-refractivity contribution in [2.45, 2.75) is 27.2 Å². The predicted octanol–water partition coefficient (Wildman–Crippen LogP) is 2.21. The molecule has 0 saturated heterocycles. The molecular formula is C16H21NO2. The summed E-state index contributed by atoms with van der Waals surface area (Å²) in [5.74, 6) is 5.87. The highest BCUT2D eigenvalue weighted by Crippen LogP contribution is 2.13. The Kier molecular flexibility index (Phi) is 6.11. The van der Waals surface area contributed by atoms with Crippen LogP contribution in [-0.2, 0) is 0 Å². The van der Waals surface area contributed by atoms with Gasteiger partial charge < -0.3 is 10.0 Å². The first kappa shape index (κ1) is 15.3. The van der Waals surface area contributed by atoms with Crippen LogP contribution in [0.3, 0.4) is 0 Å². The maximum Gasteiger partial charge on any atom is 0.255 e. The van der Waals surface area contributed by atoms with E-state index in [2.05, 4.69) is 11.8 Å². The lowest BCUT2D eigenvalue weighted by Crippen LogP contribution is -2.31. The fraction of sp³-hybridized carbons (Fsp3) is 0.438. The van der Waals surface area contributed by atoms with E-state index in [1.165, 1.54) is 0 Å². The number of hydrogen-bond donors (Lipinski definition) is 1. The van der Waals surface area contributed by atoms with Crippen molar-refractivity contribution in [2.24, 2.45) is 0 Å². The van der Waals surface area contributed by atoms with Gasteiger partial charge in [0.25, 0.3) is 5.91 Å². The molecule has 1 aromatic rings. The molecule has 3 heteroatoms. The van der Waals surface area contributed by atoms with Gasteiger partial charge in [-0.1, -0.05) is 17.9 Å². The van der Waals surface area contributed by atoms with Crippen LogP contribution in [0.15, 0.2) is 18.2 Å². The van der Waals surface area contributed by atoms with Crippen LogP contribution in [-0.4, -0.2) is 35.6 Å². The van der Waals surface area contributed by atoms with Crippen LogP contribution >= 0.6 is 0 Å². The number of carbonyl (C=O) groups excluding carboxylic acids is 1. The molecule has 0 aliphatic carbocycles. The zero-order valence-corrected chi connectivity index (χ0v) is 11.9. The average Bonchev–Trinajstić information content (AvgIpc) is 2.40. The zero-order valence-electron chi connectivity index (χ0n) is 11.9. The third kappa shape index (κ3) is 4.11. The van der Waals surface area contributed by atoms with Gasteiger partial charge in [-0.15, -0.1) is 0 Å². The Balaban J connectivity index is 3.13. The van der Waals surface area contributed by atoms with E-state index in [-0.39, 0.29) is 12.5 Å². The number of hydrogen-bond acceptors (Lipinski definition) is 2. The average molecular weight is 259 g/mol. The summed E-state index contributed by atoms with van der Waals surface area (Å²) in [6.07, 6.45) is 0.423. The maximum atomic E-state index is 12.4. The Morgan fingerprint density at radius 1 is 1.32 bits per heavy atom. The highest BCUT2D eigenvalue weighted by atomic mass is 16.2. The summed E-state index contributed by atoms with van der Waals surface area (Å²) in [7, 11) is 0. The molecule has 0 saturated carbocycles. The summed E-state index contributed by atoms with van der Waals surface area (Å²) in [6.45, 7) is 7.32. The van der Waals surface area contributed by atoms with Crippen LogP contribution in [0, 0.1) is 18.8 Å². The van der Waals surface area contributed by atoms with Gasteiger partial charge in [0.2, 0.25) is 0 Å². The van der Waals surface area contributed by atoms with Gasteiger partial charge in [-0.3, -0.25) is 4.79 Å². The Morgan fingerprint density at radius 2 is 2.00 bits per heavy atom. The molecule has 0 spiro atoms. The third-order valence-electron chi connectivity index (χ3n) is 2.92. The summed E-state index contributed by atoms with van der Waals surface area (Å²) < 4.78 is 0. The summed E-state index contributed by atoms with van der Waals surface area (Å²) in [5.41, 5.74) is 2.45. The molecule has 0 heterocycles. The molecule has 0 atom stereocenters. The van der Waals surface area contributed by atoms with Crippen molar-refractivity contribution in [3.8, 4) is 11.8 Å². The van der Waals surface area contributed by atoms with E-state index in [0.29, 0.717) is 25.1 Å². The summed E-state index contributed by atoms with van der Waals surface area (Å²) in [5, 5.41) is 8.76. The van der Waals surface area contributed by atoms with E-state index in [9.17, 15) is 4.79 Å². The predicted molar refractivity (Wildman–Crippen MR) is 77.0 cm³/mol. The maximum absolute atomic E-state index is 12.4. The van der Waals surface area contributed by atoms with E-state index in [4.69, 9.17) is 5.11 Å². The van der Waals surface area contributed by atoms with Crippen LogP contribution in [0.2, 0.25) is 0 Å². The lowest BCUT2D eigenvalue weighted by molar-refractivity contribution is 0.0772. The number of aliphatic hydroxyl groups is 1. The molecule has 0 radical (unpaired) electrons. The molecule has 1 aromatic carbocycles. The number of rotatable bonds is 4. The molecule has 102 valence electrons. The molecular weight excluding hydrogens is 238 g/mol. The quantitative estimate of drug-likeness (QED) is 0.842. The van der Waals surface area contributed by atoms with Crippen LogP contribution in [0.25, 0.3) is 0 Å². The number of aliphatic hydroxyl groups excluding tert-OH is 1. The topological polar surface area (TPSA) is 40.5 Å². The lowest BCUT2D eigenvalue weighted by Gasteiger charge is -2.19. The second-order valence-corrected chi connectivity index (χ2v) is 4.30. The summed E-state index contributed by atoms with van der Waals surface area (Å²) >= 11 is 0. The van der Waals surface area contributed by atoms with Crippen molar-refractivity contribution in [3.63, 3.8) is 0 Å². The second-order valence-electron chi connectivity index (χ2n) is 4.30. The number of aryl methyl sites for hydroxylation is 1. The van der Waals surface area contributed by atoms with Crippen molar-refractivity contribution in [3.05, 3.63) is 34.9 Å². The molecule has 0 aliphatic rings. The minimum atomic E-state index is 0.0123. The second kappa shape index (κ2) is 7.60. The molecule has 0 aromatic heterocycles. The van der Waals surface area contributed by atoms with E-state index in [1.807, 2.05) is 39.0 Å². The van der Waals surface area contributed by atoms with Gasteiger partial charge in [0.05, 0.1) is 12.2 Å². The Hall–Kier alpha value is -1.79. The molecule has 1 rings (SSSR count). The molecule has 19 heavy (non-hydrogen) atoms. The van der Waals surface area contributed by atoms with Crippen LogP contribution in [0.1, 0.15) is 41.8 Å². The largest absolute Gasteiger partial charge is 0.395 e.